The lowest BCUT2D eigenvalue weighted by Crippen LogP contribution is -2.35. The number of ketones is 1. The third-order valence-corrected chi connectivity index (χ3v) is 11.0. The van der Waals surface area contributed by atoms with Gasteiger partial charge in [0.05, 0.1) is 15.9 Å². The molecular formula is C23H35NO5S2. The summed E-state index contributed by atoms with van der Waals surface area (Å²) in [5.74, 6) is 0.501. The standard InChI is InChI=1S/C23H35NO5S2/c1-18(2)30(26,27)17-20-6-10-21(11-7-20)23(25)16-19-8-12-22(13-9-19)31(28,29)24-14-4-3-5-15-24/h8-9,12-13,18,20-21H,3-7,10-11,14-17H2,1-2H3. The fourth-order valence-corrected chi connectivity index (χ4v) is 7.44. The van der Waals surface area contributed by atoms with Gasteiger partial charge < -0.3 is 0 Å². The number of benzene rings is 1. The Morgan fingerprint density at radius 1 is 0.935 bits per heavy atom. The first-order chi connectivity index (χ1) is 14.6. The van der Waals surface area contributed by atoms with E-state index in [4.69, 9.17) is 0 Å². The van der Waals surface area contributed by atoms with Crippen molar-refractivity contribution in [1.29, 1.82) is 0 Å². The van der Waals surface area contributed by atoms with Gasteiger partial charge in [0.1, 0.15) is 5.78 Å². The first-order valence-electron chi connectivity index (χ1n) is 11.4. The topological polar surface area (TPSA) is 88.6 Å². The molecule has 31 heavy (non-hydrogen) atoms. The molecule has 1 aromatic rings. The number of sulfonamides is 1. The third kappa shape index (κ3) is 6.17. The molecular weight excluding hydrogens is 434 g/mol. The molecule has 0 aromatic heterocycles. The maximum absolute atomic E-state index is 12.8. The van der Waals surface area contributed by atoms with Crippen LogP contribution in [0.3, 0.4) is 0 Å². The van der Waals surface area contributed by atoms with Crippen LogP contribution in [0, 0.1) is 11.8 Å². The van der Waals surface area contributed by atoms with Crippen LogP contribution in [0.5, 0.6) is 0 Å². The Kier molecular flexibility index (Phi) is 7.97. The molecule has 0 bridgehead atoms. The number of hydrogen-bond donors (Lipinski definition) is 0. The number of rotatable bonds is 8. The molecule has 0 radical (unpaired) electrons. The number of nitrogens with zero attached hydrogens (tertiary/aromatic N) is 1. The fraction of sp³-hybridized carbons (Fsp3) is 0.696. The van der Waals surface area contributed by atoms with Gasteiger partial charge in [-0.3, -0.25) is 4.79 Å². The molecule has 1 saturated heterocycles. The van der Waals surface area contributed by atoms with Crippen molar-refractivity contribution in [2.75, 3.05) is 18.8 Å². The molecule has 2 fully saturated rings. The molecule has 1 saturated carbocycles. The normalized spacial score (nSPS) is 23.7. The summed E-state index contributed by atoms with van der Waals surface area (Å²) in [6.45, 7) is 4.58. The van der Waals surface area contributed by atoms with Crippen LogP contribution in [0.25, 0.3) is 0 Å². The van der Waals surface area contributed by atoms with Crippen molar-refractivity contribution in [3.63, 3.8) is 0 Å². The van der Waals surface area contributed by atoms with E-state index in [0.29, 0.717) is 19.5 Å². The summed E-state index contributed by atoms with van der Waals surface area (Å²) < 4.78 is 51.3. The summed E-state index contributed by atoms with van der Waals surface area (Å²) in [7, 11) is -6.50. The van der Waals surface area contributed by atoms with E-state index in [-0.39, 0.29) is 33.5 Å². The largest absolute Gasteiger partial charge is 0.299 e. The van der Waals surface area contributed by atoms with Gasteiger partial charge in [-0.15, -0.1) is 0 Å². The van der Waals surface area contributed by atoms with Crippen molar-refractivity contribution < 1.29 is 21.6 Å². The summed E-state index contributed by atoms with van der Waals surface area (Å²) in [6.07, 6.45) is 6.18. The Labute approximate surface area is 187 Å². The van der Waals surface area contributed by atoms with Crippen molar-refractivity contribution in [3.05, 3.63) is 29.8 Å². The summed E-state index contributed by atoms with van der Waals surface area (Å²) in [4.78, 5) is 13.0. The van der Waals surface area contributed by atoms with Gasteiger partial charge in [0.25, 0.3) is 0 Å². The van der Waals surface area contributed by atoms with Crippen LogP contribution in [-0.2, 0) is 31.1 Å². The molecule has 2 aliphatic rings. The zero-order valence-electron chi connectivity index (χ0n) is 18.6. The van der Waals surface area contributed by atoms with Crippen LogP contribution in [0.4, 0.5) is 0 Å². The maximum atomic E-state index is 12.8. The lowest BCUT2D eigenvalue weighted by Gasteiger charge is -2.28. The van der Waals surface area contributed by atoms with E-state index in [2.05, 4.69) is 0 Å². The second kappa shape index (κ2) is 10.1. The van der Waals surface area contributed by atoms with Crippen LogP contribution in [0.2, 0.25) is 0 Å². The Balaban J connectivity index is 1.53. The van der Waals surface area contributed by atoms with Gasteiger partial charge in [0.2, 0.25) is 10.0 Å². The number of carbonyl (C=O) groups is 1. The second-order valence-corrected chi connectivity index (χ2v) is 13.9. The van der Waals surface area contributed by atoms with Crippen LogP contribution >= 0.6 is 0 Å². The highest BCUT2D eigenvalue weighted by atomic mass is 32.2. The van der Waals surface area contributed by atoms with Crippen LogP contribution in [-0.4, -0.2) is 51.0 Å². The Morgan fingerprint density at radius 3 is 2.06 bits per heavy atom. The van der Waals surface area contributed by atoms with E-state index in [1.54, 1.807) is 42.4 Å². The first kappa shape index (κ1) is 24.4. The molecule has 0 atom stereocenters. The average Bonchev–Trinajstić information content (AvgIpc) is 2.75. The number of hydrogen-bond acceptors (Lipinski definition) is 5. The molecule has 0 spiro atoms. The maximum Gasteiger partial charge on any atom is 0.243 e. The number of carbonyl (C=O) groups excluding carboxylic acids is 1. The highest BCUT2D eigenvalue weighted by Gasteiger charge is 2.30. The molecule has 8 heteroatoms. The molecule has 0 unspecified atom stereocenters. The average molecular weight is 470 g/mol. The van der Waals surface area contributed by atoms with Gasteiger partial charge in [-0.2, -0.15) is 4.31 Å². The molecule has 3 rings (SSSR count). The quantitative estimate of drug-likeness (QED) is 0.580. The molecule has 1 aliphatic carbocycles. The molecule has 6 nitrogen and oxygen atoms in total. The van der Waals surface area contributed by atoms with E-state index in [0.717, 1.165) is 50.5 Å². The van der Waals surface area contributed by atoms with E-state index < -0.39 is 19.9 Å². The summed E-state index contributed by atoms with van der Waals surface area (Å²) in [5.41, 5.74) is 0.826. The zero-order valence-corrected chi connectivity index (χ0v) is 20.3. The van der Waals surface area contributed by atoms with Crippen molar-refractivity contribution in [2.24, 2.45) is 11.8 Å². The molecule has 1 aliphatic heterocycles. The monoisotopic (exact) mass is 469 g/mol. The zero-order chi connectivity index (χ0) is 22.6. The van der Waals surface area contributed by atoms with Crippen molar-refractivity contribution in [3.8, 4) is 0 Å². The Bertz CT molecular complexity index is 954. The van der Waals surface area contributed by atoms with Gasteiger partial charge in [0.15, 0.2) is 9.84 Å². The minimum atomic E-state index is -3.46. The van der Waals surface area contributed by atoms with E-state index >= 15 is 0 Å². The van der Waals surface area contributed by atoms with Crippen molar-refractivity contribution >= 4 is 25.6 Å². The Morgan fingerprint density at radius 2 is 1.52 bits per heavy atom. The van der Waals surface area contributed by atoms with E-state index in [1.807, 2.05) is 0 Å². The third-order valence-electron chi connectivity index (χ3n) is 6.74. The van der Waals surface area contributed by atoms with Crippen LogP contribution < -0.4 is 0 Å². The van der Waals surface area contributed by atoms with Crippen molar-refractivity contribution in [1.82, 2.24) is 4.31 Å². The lowest BCUT2D eigenvalue weighted by atomic mass is 9.79. The first-order valence-corrected chi connectivity index (χ1v) is 14.6. The molecule has 0 amide bonds. The van der Waals surface area contributed by atoms with Crippen molar-refractivity contribution in [2.45, 2.75) is 75.4 Å². The van der Waals surface area contributed by atoms with Gasteiger partial charge in [0, 0.05) is 25.4 Å². The van der Waals surface area contributed by atoms with Gasteiger partial charge in [-0.1, -0.05) is 18.6 Å². The number of sulfone groups is 1. The molecule has 1 heterocycles. The molecule has 174 valence electrons. The van der Waals surface area contributed by atoms with Crippen LogP contribution in [0.1, 0.15) is 64.4 Å². The number of piperidine rings is 1. The number of Topliss-reactive ketones (excluding diaryl/α,β-unsaturated/α-hetero) is 1. The predicted octanol–water partition coefficient (Wildman–Crippen LogP) is 3.60. The smallest absolute Gasteiger partial charge is 0.243 e. The highest BCUT2D eigenvalue weighted by molar-refractivity contribution is 7.92. The minimum absolute atomic E-state index is 0.0326. The summed E-state index contributed by atoms with van der Waals surface area (Å²) in [6, 6.07) is 6.71. The van der Waals surface area contributed by atoms with Gasteiger partial charge in [-0.25, -0.2) is 16.8 Å². The minimum Gasteiger partial charge on any atom is -0.299 e. The highest BCUT2D eigenvalue weighted by Crippen LogP contribution is 2.32. The fourth-order valence-electron chi connectivity index (χ4n) is 4.55. The van der Waals surface area contributed by atoms with Gasteiger partial charge in [-0.05, 0) is 76.0 Å². The van der Waals surface area contributed by atoms with E-state index in [1.165, 1.54) is 0 Å². The second-order valence-electron chi connectivity index (χ2n) is 9.35. The summed E-state index contributed by atoms with van der Waals surface area (Å²) >= 11 is 0. The summed E-state index contributed by atoms with van der Waals surface area (Å²) in [5, 5.41) is -0.353. The molecule has 0 N–H and O–H groups in total. The lowest BCUT2D eigenvalue weighted by molar-refractivity contribution is -0.123. The SMILES string of the molecule is CC(C)S(=O)(=O)CC1CCC(C(=O)Cc2ccc(S(=O)(=O)N3CCCCC3)cc2)CC1. The van der Waals surface area contributed by atoms with Gasteiger partial charge >= 0.3 is 0 Å². The Hall–Kier alpha value is -1.25. The predicted molar refractivity (Wildman–Crippen MR) is 122 cm³/mol. The van der Waals surface area contributed by atoms with E-state index in [9.17, 15) is 21.6 Å². The van der Waals surface area contributed by atoms with Crippen LogP contribution in [0.15, 0.2) is 29.2 Å². The molecule has 1 aromatic carbocycles.